The Kier molecular flexibility index (Phi) is 13.3. The minimum Gasteiger partial charge on any atom is -0.507 e. The molecular weight excluding hydrogens is 884 g/mol. The summed E-state index contributed by atoms with van der Waals surface area (Å²) in [7, 11) is -3.29. The molecular formula is C46H46BrF6NO6Si. The average Bonchev–Trinajstić information content (AvgIpc) is 3.45. The van der Waals surface area contributed by atoms with Crippen molar-refractivity contribution < 1.29 is 55.7 Å². The molecule has 3 N–H and O–H groups in total. The summed E-state index contributed by atoms with van der Waals surface area (Å²) in [6, 6.07) is 24.8. The third-order valence-corrected chi connectivity index (χ3v) is 17.1. The van der Waals surface area contributed by atoms with E-state index in [9.17, 15) is 51.3 Å². The van der Waals surface area contributed by atoms with Crippen molar-refractivity contribution in [2.24, 2.45) is 17.8 Å². The first-order chi connectivity index (χ1) is 28.6. The van der Waals surface area contributed by atoms with Crippen LogP contribution in [0.25, 0.3) is 6.08 Å². The van der Waals surface area contributed by atoms with Crippen molar-refractivity contribution in [1.82, 2.24) is 0 Å². The number of rotatable bonds is 12. The minimum absolute atomic E-state index is 0.0318. The van der Waals surface area contributed by atoms with E-state index in [4.69, 9.17) is 4.43 Å². The highest BCUT2D eigenvalue weighted by atomic mass is 79.9. The van der Waals surface area contributed by atoms with Gasteiger partial charge in [-0.15, -0.1) is 0 Å². The molecule has 15 heteroatoms. The number of fused-ring (bicyclic) bond motifs is 1. The number of alkyl halides is 6. The zero-order chi connectivity index (χ0) is 44.7. The number of aliphatic hydroxyl groups is 2. The Labute approximate surface area is 359 Å². The Morgan fingerprint density at radius 3 is 1.93 bits per heavy atom. The number of benzene rings is 4. The van der Waals surface area contributed by atoms with Crippen molar-refractivity contribution in [1.29, 1.82) is 0 Å². The number of aliphatic hydroxyl groups excluding tert-OH is 2. The summed E-state index contributed by atoms with van der Waals surface area (Å²) in [6.45, 7) is 7.00. The Balaban J connectivity index is 1.46. The van der Waals surface area contributed by atoms with E-state index in [-0.39, 0.29) is 43.3 Å². The molecule has 0 radical (unpaired) electrons. The number of imide groups is 1. The van der Waals surface area contributed by atoms with Gasteiger partial charge in [-0.2, -0.15) is 26.3 Å². The van der Waals surface area contributed by atoms with Crippen LogP contribution in [0, 0.1) is 17.8 Å². The van der Waals surface area contributed by atoms with Gasteiger partial charge in [0.2, 0.25) is 11.8 Å². The molecule has 0 unspecified atom stereocenters. The monoisotopic (exact) mass is 929 g/mol. The number of hydrogen-bond donors (Lipinski definition) is 3. The number of hydrogen-bond acceptors (Lipinski definition) is 6. The first-order valence-corrected chi connectivity index (χ1v) is 22.4. The average molecular weight is 931 g/mol. The van der Waals surface area contributed by atoms with Crippen LogP contribution in [-0.2, 0) is 26.4 Å². The third-order valence-electron chi connectivity index (χ3n) is 11.7. The fourth-order valence-corrected chi connectivity index (χ4v) is 13.8. The van der Waals surface area contributed by atoms with E-state index in [0.717, 1.165) is 20.4 Å². The smallest absolute Gasteiger partial charge is 0.416 e. The van der Waals surface area contributed by atoms with Gasteiger partial charge in [-0.25, -0.2) is 4.90 Å². The zero-order valence-electron chi connectivity index (χ0n) is 33.8. The number of aromatic hydroxyl groups is 1. The molecule has 4 atom stereocenters. The van der Waals surface area contributed by atoms with Crippen molar-refractivity contribution in [3.63, 3.8) is 0 Å². The van der Waals surface area contributed by atoms with Crippen molar-refractivity contribution >= 4 is 58.2 Å². The van der Waals surface area contributed by atoms with Gasteiger partial charge in [0, 0.05) is 16.0 Å². The number of halogens is 7. The summed E-state index contributed by atoms with van der Waals surface area (Å²) in [4.78, 5) is 29.0. The number of carbonyl (C=O) groups is 2. The molecule has 0 bridgehead atoms. The molecule has 324 valence electrons. The van der Waals surface area contributed by atoms with Crippen LogP contribution in [0.5, 0.6) is 5.75 Å². The fraction of sp³-hybridized carbons (Fsp3) is 0.348. The van der Waals surface area contributed by atoms with E-state index in [1.54, 1.807) is 25.1 Å². The van der Waals surface area contributed by atoms with E-state index in [1.807, 2.05) is 60.7 Å². The first-order valence-electron chi connectivity index (χ1n) is 19.7. The summed E-state index contributed by atoms with van der Waals surface area (Å²) >= 11 is 3.39. The van der Waals surface area contributed by atoms with Crippen molar-refractivity contribution in [2.75, 3.05) is 18.1 Å². The van der Waals surface area contributed by atoms with Gasteiger partial charge in [0.1, 0.15) is 5.75 Å². The lowest BCUT2D eigenvalue weighted by Crippen LogP contribution is -2.66. The van der Waals surface area contributed by atoms with Crippen LogP contribution in [0.2, 0.25) is 5.04 Å². The van der Waals surface area contributed by atoms with Crippen LogP contribution in [0.4, 0.5) is 32.0 Å². The Hall–Kier alpha value is -4.54. The van der Waals surface area contributed by atoms with Gasteiger partial charge >= 0.3 is 12.4 Å². The molecule has 61 heavy (non-hydrogen) atoms. The van der Waals surface area contributed by atoms with Crippen LogP contribution in [-0.4, -0.2) is 54.8 Å². The summed E-state index contributed by atoms with van der Waals surface area (Å²) in [5.74, 6) is -6.05. The number of allylic oxidation sites excluding steroid dienone is 1. The topological polar surface area (TPSA) is 107 Å². The van der Waals surface area contributed by atoms with Gasteiger partial charge in [-0.3, -0.25) is 9.59 Å². The van der Waals surface area contributed by atoms with Crippen LogP contribution >= 0.6 is 15.9 Å². The second kappa shape index (κ2) is 17.7. The van der Waals surface area contributed by atoms with E-state index in [1.165, 1.54) is 6.07 Å². The van der Waals surface area contributed by atoms with Crippen molar-refractivity contribution in [3.05, 3.63) is 135 Å². The molecule has 6 rings (SSSR count). The van der Waals surface area contributed by atoms with Crippen LogP contribution < -0.4 is 15.3 Å². The number of carbonyl (C=O) groups excluding carboxylic acids is 2. The first kappa shape index (κ1) is 46.0. The minimum atomic E-state index is -5.24. The second-order valence-electron chi connectivity index (χ2n) is 16.7. The van der Waals surface area contributed by atoms with E-state index in [2.05, 4.69) is 36.7 Å². The molecule has 1 aliphatic heterocycles. The molecule has 2 aliphatic rings. The van der Waals surface area contributed by atoms with Gasteiger partial charge < -0.3 is 19.7 Å². The summed E-state index contributed by atoms with van der Waals surface area (Å²) in [6.07, 6.45) is -9.97. The van der Waals surface area contributed by atoms with E-state index < -0.39 is 84.8 Å². The lowest BCUT2D eigenvalue weighted by Gasteiger charge is -2.44. The molecule has 1 fully saturated rings. The lowest BCUT2D eigenvalue weighted by molar-refractivity contribution is -0.143. The molecule has 7 nitrogen and oxygen atoms in total. The molecule has 4 aromatic carbocycles. The Morgan fingerprint density at radius 1 is 0.869 bits per heavy atom. The molecule has 4 aromatic rings. The molecule has 0 spiro atoms. The lowest BCUT2D eigenvalue weighted by atomic mass is 9.68. The summed E-state index contributed by atoms with van der Waals surface area (Å²) in [5.41, 5.74) is -2.38. The molecule has 1 aliphatic carbocycles. The van der Waals surface area contributed by atoms with Crippen LogP contribution in [0.15, 0.2) is 118 Å². The highest BCUT2D eigenvalue weighted by Gasteiger charge is 2.57. The van der Waals surface area contributed by atoms with Crippen LogP contribution in [0.3, 0.4) is 0 Å². The Bertz CT molecular complexity index is 2260. The number of anilines is 1. The largest absolute Gasteiger partial charge is 0.507 e. The normalized spacial score (nSPS) is 19.7. The Morgan fingerprint density at radius 2 is 1.43 bits per heavy atom. The number of phenols is 1. The number of phenolic OH excluding ortho intramolecular Hbond substituents is 1. The SMILES string of the molecule is C/C(=C\c1cc(Br)ccc1O)CC[C@@H](O)C1=C(CO[Si](c2ccccc2)(c2ccccc2)C(C)(C)C)C[C@H]2C(=O)N(c3cc(C(F)(F)F)cc(C(F)(F)F)c3)C(=O)[C@H]2[C@H]1CO. The fourth-order valence-electron chi connectivity index (χ4n) is 8.87. The third kappa shape index (κ3) is 9.31. The van der Waals surface area contributed by atoms with E-state index in [0.29, 0.717) is 28.2 Å². The summed E-state index contributed by atoms with van der Waals surface area (Å²) in [5, 5.41) is 35.0. The van der Waals surface area contributed by atoms with Gasteiger partial charge in [-0.1, -0.05) is 109 Å². The zero-order valence-corrected chi connectivity index (χ0v) is 36.4. The maximum Gasteiger partial charge on any atom is 0.416 e. The van der Waals surface area contributed by atoms with Crippen LogP contribution in [0.1, 0.15) is 63.6 Å². The van der Waals surface area contributed by atoms with Gasteiger partial charge in [0.25, 0.3) is 8.32 Å². The highest BCUT2D eigenvalue weighted by molar-refractivity contribution is 9.10. The molecule has 1 heterocycles. The molecule has 1 saturated heterocycles. The predicted octanol–water partition coefficient (Wildman–Crippen LogP) is 9.43. The quantitative estimate of drug-likeness (QED) is 0.0566. The molecule has 2 amide bonds. The van der Waals surface area contributed by atoms with E-state index >= 15 is 0 Å². The van der Waals surface area contributed by atoms with Crippen molar-refractivity contribution in [2.45, 2.75) is 70.5 Å². The molecule has 0 saturated carbocycles. The maximum atomic E-state index is 14.3. The molecule has 0 aromatic heterocycles. The van der Waals surface area contributed by atoms with Crippen molar-refractivity contribution in [3.8, 4) is 5.75 Å². The summed E-state index contributed by atoms with van der Waals surface area (Å²) < 4.78 is 91.8. The predicted molar refractivity (Wildman–Crippen MR) is 226 cm³/mol. The number of amides is 2. The second-order valence-corrected chi connectivity index (χ2v) is 21.9. The van der Waals surface area contributed by atoms with Gasteiger partial charge in [0.05, 0.1) is 48.0 Å². The maximum absolute atomic E-state index is 14.3. The van der Waals surface area contributed by atoms with Gasteiger partial charge in [0.15, 0.2) is 0 Å². The van der Waals surface area contributed by atoms with Gasteiger partial charge in [-0.05, 0) is 89.1 Å². The standard InChI is InChI=1S/C46H46BrF6NO6Si/c1-27(19-28-20-32(47)16-18-38(28)56)15-17-39(57)40-29(26-60-61(44(2,3)4,34-11-7-5-8-12-34)35-13-9-6-10-14-35)21-36-41(37(40)25-55)43(59)54(42(36)58)33-23-30(45(48,49)50)22-31(24-33)46(51,52)53/h5-14,16,18-20,22-24,36-37,39,41,55-57H,15,17,21,25-26H2,1-4H3/b27-19+/t36-,37+,39-,41-/m1/s1. The number of nitrogens with zero attached hydrogens (tertiary/aromatic N) is 1. The highest BCUT2D eigenvalue weighted by Crippen LogP contribution is 2.49.